The van der Waals surface area contributed by atoms with Gasteiger partial charge in [-0.2, -0.15) is 0 Å². The molecule has 2 aromatic heterocycles. The summed E-state index contributed by atoms with van der Waals surface area (Å²) in [5, 5.41) is 1.04. The normalized spacial score (nSPS) is 11.1. The van der Waals surface area contributed by atoms with Crippen LogP contribution in [0.4, 0.5) is 0 Å². The minimum absolute atomic E-state index is 0.0804. The van der Waals surface area contributed by atoms with E-state index in [1.54, 1.807) is 0 Å². The van der Waals surface area contributed by atoms with Gasteiger partial charge in [-0.1, -0.05) is 61.9 Å². The zero-order valence-electron chi connectivity index (χ0n) is 16.1. The molecule has 0 aliphatic heterocycles. The number of nitrogens with zero attached hydrogens (tertiary/aromatic N) is 3. The molecule has 0 radical (unpaired) electrons. The lowest BCUT2D eigenvalue weighted by molar-refractivity contribution is 0.840. The van der Waals surface area contributed by atoms with E-state index in [1.165, 1.54) is 0 Å². The minimum atomic E-state index is -0.0804. The third kappa shape index (κ3) is 3.56. The number of fused-ring (bicyclic) bond motifs is 1. The first-order valence-electron chi connectivity index (χ1n) is 9.55. The molecule has 5 nitrogen and oxygen atoms in total. The van der Waals surface area contributed by atoms with E-state index in [9.17, 15) is 4.79 Å². The second-order valence-corrected chi connectivity index (χ2v) is 6.87. The molecule has 28 heavy (non-hydrogen) atoms. The van der Waals surface area contributed by atoms with Crippen LogP contribution in [0.25, 0.3) is 22.2 Å². The molecule has 0 atom stereocenters. The predicted octanol–water partition coefficient (Wildman–Crippen LogP) is 4.23. The summed E-state index contributed by atoms with van der Waals surface area (Å²) in [6.45, 7) is 4.04. The monoisotopic (exact) mass is 370 g/mol. The maximum absolute atomic E-state index is 12.8. The van der Waals surface area contributed by atoms with Gasteiger partial charge in [-0.15, -0.1) is 0 Å². The van der Waals surface area contributed by atoms with E-state index in [4.69, 9.17) is 4.98 Å². The quantitative estimate of drug-likeness (QED) is 0.571. The zero-order valence-corrected chi connectivity index (χ0v) is 16.1. The van der Waals surface area contributed by atoms with Crippen LogP contribution in [0.3, 0.4) is 0 Å². The molecule has 0 saturated carbocycles. The van der Waals surface area contributed by atoms with Crippen LogP contribution in [0.2, 0.25) is 0 Å². The molecule has 4 rings (SSSR count). The largest absolute Gasteiger partial charge is 0.310 e. The molecule has 140 valence electrons. The highest BCUT2D eigenvalue weighted by Crippen LogP contribution is 2.21. The van der Waals surface area contributed by atoms with Gasteiger partial charge in [0.05, 0.1) is 17.6 Å². The van der Waals surface area contributed by atoms with Gasteiger partial charge in [0.15, 0.2) is 0 Å². The van der Waals surface area contributed by atoms with E-state index in [-0.39, 0.29) is 5.56 Å². The highest BCUT2D eigenvalue weighted by Gasteiger charge is 2.14. The van der Waals surface area contributed by atoms with Crippen molar-refractivity contribution < 1.29 is 0 Å². The second kappa shape index (κ2) is 7.72. The van der Waals surface area contributed by atoms with Crippen LogP contribution in [-0.4, -0.2) is 19.9 Å². The van der Waals surface area contributed by atoms with Crippen LogP contribution < -0.4 is 5.56 Å². The Kier molecular flexibility index (Phi) is 4.98. The molecule has 2 heterocycles. The van der Waals surface area contributed by atoms with Gasteiger partial charge in [0, 0.05) is 22.2 Å². The fourth-order valence-corrected chi connectivity index (χ4v) is 3.47. The molecule has 0 aliphatic carbocycles. The van der Waals surface area contributed by atoms with Crippen molar-refractivity contribution >= 4 is 10.9 Å². The molecule has 2 aromatic carbocycles. The third-order valence-electron chi connectivity index (χ3n) is 4.78. The molecule has 0 unspecified atom stereocenters. The molecular weight excluding hydrogens is 348 g/mol. The molecule has 0 bridgehead atoms. The maximum atomic E-state index is 12.8. The van der Waals surface area contributed by atoms with E-state index < -0.39 is 0 Å². The summed E-state index contributed by atoms with van der Waals surface area (Å²) in [7, 11) is 0. The van der Waals surface area contributed by atoms with Gasteiger partial charge in [0.1, 0.15) is 11.6 Å². The van der Waals surface area contributed by atoms with Gasteiger partial charge < -0.3 is 4.98 Å². The average Bonchev–Trinajstić information content (AvgIpc) is 2.70. The Morgan fingerprint density at radius 3 is 2.46 bits per heavy atom. The number of aryl methyl sites for hydroxylation is 1. The van der Waals surface area contributed by atoms with E-state index in [1.807, 2.05) is 61.5 Å². The molecule has 5 heteroatoms. The van der Waals surface area contributed by atoms with Crippen LogP contribution >= 0.6 is 0 Å². The van der Waals surface area contributed by atoms with Gasteiger partial charge in [0.25, 0.3) is 5.56 Å². The Hall–Kier alpha value is -3.34. The van der Waals surface area contributed by atoms with Gasteiger partial charge in [0.2, 0.25) is 0 Å². The van der Waals surface area contributed by atoms with Gasteiger partial charge >= 0.3 is 0 Å². The summed E-state index contributed by atoms with van der Waals surface area (Å²) in [4.78, 5) is 29.8. The second-order valence-electron chi connectivity index (χ2n) is 6.87. The predicted molar refractivity (Wildman–Crippen MR) is 111 cm³/mol. The van der Waals surface area contributed by atoms with Crippen LogP contribution in [-0.2, 0) is 12.8 Å². The topological polar surface area (TPSA) is 71.5 Å². The van der Waals surface area contributed by atoms with Gasteiger partial charge in [-0.05, 0) is 19.4 Å². The third-order valence-corrected chi connectivity index (χ3v) is 4.78. The number of hydrogen-bond donors (Lipinski definition) is 1. The summed E-state index contributed by atoms with van der Waals surface area (Å²) in [5.74, 6) is 1.24. The number of aromatic nitrogens is 4. The Morgan fingerprint density at radius 2 is 1.68 bits per heavy atom. The smallest absolute Gasteiger partial charge is 0.254 e. The van der Waals surface area contributed by atoms with Crippen molar-refractivity contribution in [1.29, 1.82) is 0 Å². The first-order valence-corrected chi connectivity index (χ1v) is 9.55. The Morgan fingerprint density at radius 1 is 0.929 bits per heavy atom. The zero-order chi connectivity index (χ0) is 19.5. The number of hydrogen-bond acceptors (Lipinski definition) is 4. The molecule has 0 aliphatic rings. The SMILES string of the molecule is CCCc1c(-c2ccccc2)nc(Cc2nc(C)c3ccccc3n2)[nH]c1=O. The minimum Gasteiger partial charge on any atom is -0.310 e. The number of nitrogens with one attached hydrogen (secondary N) is 1. The first kappa shape index (κ1) is 18.0. The lowest BCUT2D eigenvalue weighted by atomic mass is 10.0. The fraction of sp³-hybridized carbons (Fsp3) is 0.217. The highest BCUT2D eigenvalue weighted by atomic mass is 16.1. The van der Waals surface area contributed by atoms with E-state index in [0.29, 0.717) is 24.5 Å². The Labute approximate surface area is 163 Å². The van der Waals surface area contributed by atoms with Crippen LogP contribution in [0, 0.1) is 6.92 Å². The van der Waals surface area contributed by atoms with Crippen LogP contribution in [0.5, 0.6) is 0 Å². The number of aromatic amines is 1. The summed E-state index contributed by atoms with van der Waals surface area (Å²) in [6.07, 6.45) is 1.96. The van der Waals surface area contributed by atoms with Crippen molar-refractivity contribution in [3.63, 3.8) is 0 Å². The van der Waals surface area contributed by atoms with Crippen molar-refractivity contribution in [3.05, 3.63) is 87.9 Å². The first-order chi connectivity index (χ1) is 13.7. The van der Waals surface area contributed by atoms with Gasteiger partial charge in [-0.25, -0.2) is 15.0 Å². The number of benzene rings is 2. The van der Waals surface area contributed by atoms with Gasteiger partial charge in [-0.3, -0.25) is 4.79 Å². The van der Waals surface area contributed by atoms with E-state index in [2.05, 4.69) is 21.9 Å². The Bertz CT molecular complexity index is 1180. The van der Waals surface area contributed by atoms with Crippen molar-refractivity contribution in [1.82, 2.24) is 19.9 Å². The summed E-state index contributed by atoms with van der Waals surface area (Å²) in [6, 6.07) is 17.8. The lowest BCUT2D eigenvalue weighted by Gasteiger charge is -2.10. The van der Waals surface area contributed by atoms with E-state index >= 15 is 0 Å². The summed E-state index contributed by atoms with van der Waals surface area (Å²) in [5.41, 5.74) is 4.18. The molecule has 0 amide bonds. The molecule has 1 N–H and O–H groups in total. The standard InChI is InChI=1S/C23H22N4O/c1-3-9-18-22(16-10-5-4-6-11-16)26-21(27-23(18)28)14-20-24-15(2)17-12-7-8-13-19(17)25-20/h4-8,10-13H,3,9,14H2,1-2H3,(H,26,27,28). The van der Waals surface area contributed by atoms with Crippen molar-refractivity contribution in [3.8, 4) is 11.3 Å². The molecule has 0 fully saturated rings. The fourth-order valence-electron chi connectivity index (χ4n) is 3.47. The summed E-state index contributed by atoms with van der Waals surface area (Å²) >= 11 is 0. The summed E-state index contributed by atoms with van der Waals surface area (Å²) < 4.78 is 0. The van der Waals surface area contributed by atoms with Crippen LogP contribution in [0.15, 0.2) is 59.4 Å². The van der Waals surface area contributed by atoms with Crippen molar-refractivity contribution in [2.75, 3.05) is 0 Å². The van der Waals surface area contributed by atoms with Crippen LogP contribution in [0.1, 0.15) is 36.3 Å². The number of H-pyrrole nitrogens is 1. The molecular formula is C23H22N4O. The average molecular weight is 370 g/mol. The van der Waals surface area contributed by atoms with Crippen molar-refractivity contribution in [2.24, 2.45) is 0 Å². The van der Waals surface area contributed by atoms with E-state index in [0.717, 1.165) is 39.8 Å². The molecule has 0 spiro atoms. The lowest BCUT2D eigenvalue weighted by Crippen LogP contribution is -2.19. The highest BCUT2D eigenvalue weighted by molar-refractivity contribution is 5.80. The number of rotatable bonds is 5. The maximum Gasteiger partial charge on any atom is 0.254 e. The number of para-hydroxylation sites is 1. The molecule has 4 aromatic rings. The van der Waals surface area contributed by atoms with Crippen molar-refractivity contribution in [2.45, 2.75) is 33.1 Å². The Balaban J connectivity index is 1.79. The molecule has 0 saturated heterocycles.